The van der Waals surface area contributed by atoms with Gasteiger partial charge in [0, 0.05) is 0 Å². The highest BCUT2D eigenvalue weighted by atomic mass is 14.1. The molecule has 0 aliphatic heterocycles. The number of hydrogen-bond acceptors (Lipinski definition) is 0. The van der Waals surface area contributed by atoms with E-state index in [2.05, 4.69) is 33.1 Å². The van der Waals surface area contributed by atoms with Gasteiger partial charge in [-0.3, -0.25) is 0 Å². The lowest BCUT2D eigenvalue weighted by Gasteiger charge is -2.07. The van der Waals surface area contributed by atoms with Crippen LogP contribution >= 0.6 is 0 Å². The lowest BCUT2D eigenvalue weighted by atomic mass is 9.97. The maximum absolute atomic E-state index is 3.63. The van der Waals surface area contributed by atoms with E-state index in [0.717, 1.165) is 0 Å². The number of unbranched alkanes of at least 4 members (excludes halogenated alkanes) is 1. The first-order chi connectivity index (χ1) is 4.72. The highest BCUT2D eigenvalue weighted by Crippen LogP contribution is 2.15. The zero-order valence-corrected chi connectivity index (χ0v) is 7.41. The average Bonchev–Trinajstić information content (AvgIpc) is 1.98. The van der Waals surface area contributed by atoms with Crippen LogP contribution in [0.4, 0.5) is 0 Å². The van der Waals surface area contributed by atoms with Gasteiger partial charge in [-0.1, -0.05) is 33.3 Å². The summed E-state index contributed by atoms with van der Waals surface area (Å²) in [5.41, 5.74) is 4.24. The minimum atomic E-state index is 0.678. The third kappa shape index (κ3) is 3.53. The molecule has 0 bridgehead atoms. The summed E-state index contributed by atoms with van der Waals surface area (Å²) in [4.78, 5) is 0. The average molecular weight is 138 g/mol. The summed E-state index contributed by atoms with van der Waals surface area (Å²) < 4.78 is 0. The van der Waals surface area contributed by atoms with Crippen LogP contribution in [0, 0.1) is 5.92 Å². The molecule has 0 saturated carbocycles. The Morgan fingerprint density at radius 3 is 2.60 bits per heavy atom. The second-order valence-corrected chi connectivity index (χ2v) is 2.90. The standard InChI is InChI=1S/C10H18/c1-5-7-8-10(4)9(3)6-2/h10H,2,5,7-8H2,1,3-4H3. The molecule has 0 aliphatic carbocycles. The van der Waals surface area contributed by atoms with Crippen molar-refractivity contribution in [3.63, 3.8) is 0 Å². The molecule has 0 fully saturated rings. The molecule has 0 spiro atoms. The highest BCUT2D eigenvalue weighted by molar-refractivity contribution is 4.98. The van der Waals surface area contributed by atoms with Crippen LogP contribution in [-0.4, -0.2) is 0 Å². The molecule has 1 unspecified atom stereocenters. The SMILES string of the molecule is C=C=C(C)C(C)CCCC. The molecule has 10 heavy (non-hydrogen) atoms. The quantitative estimate of drug-likeness (QED) is 0.521. The van der Waals surface area contributed by atoms with Crippen LogP contribution in [0.1, 0.15) is 40.0 Å². The van der Waals surface area contributed by atoms with Gasteiger partial charge in [0.25, 0.3) is 0 Å². The van der Waals surface area contributed by atoms with Gasteiger partial charge in [0.15, 0.2) is 0 Å². The Balaban J connectivity index is 3.62. The second-order valence-electron chi connectivity index (χ2n) is 2.90. The van der Waals surface area contributed by atoms with Crippen molar-refractivity contribution in [3.8, 4) is 0 Å². The molecular weight excluding hydrogens is 120 g/mol. The Kier molecular flexibility index (Phi) is 5.06. The Hall–Kier alpha value is -0.480. The molecule has 0 rings (SSSR count). The molecule has 0 amide bonds. The fourth-order valence-corrected chi connectivity index (χ4v) is 0.901. The first-order valence-electron chi connectivity index (χ1n) is 4.08. The zero-order valence-electron chi connectivity index (χ0n) is 7.41. The van der Waals surface area contributed by atoms with Crippen molar-refractivity contribution in [3.05, 3.63) is 17.9 Å². The molecule has 0 heterocycles. The molecule has 0 radical (unpaired) electrons. The van der Waals surface area contributed by atoms with E-state index in [0.29, 0.717) is 5.92 Å². The van der Waals surface area contributed by atoms with Gasteiger partial charge in [0.05, 0.1) is 0 Å². The topological polar surface area (TPSA) is 0 Å². The molecule has 0 nitrogen and oxygen atoms in total. The predicted molar refractivity (Wildman–Crippen MR) is 47.0 cm³/mol. The predicted octanol–water partition coefficient (Wildman–Crippen LogP) is 3.54. The van der Waals surface area contributed by atoms with E-state index in [9.17, 15) is 0 Å². The smallest absolute Gasteiger partial charge is 0.0159 e. The van der Waals surface area contributed by atoms with Gasteiger partial charge < -0.3 is 0 Å². The molecule has 0 N–H and O–H groups in total. The minimum absolute atomic E-state index is 0.678. The Morgan fingerprint density at radius 2 is 2.20 bits per heavy atom. The summed E-state index contributed by atoms with van der Waals surface area (Å²) in [6.07, 6.45) is 3.89. The van der Waals surface area contributed by atoms with Crippen molar-refractivity contribution >= 4 is 0 Å². The van der Waals surface area contributed by atoms with Gasteiger partial charge in [-0.2, -0.15) is 0 Å². The van der Waals surface area contributed by atoms with E-state index in [4.69, 9.17) is 0 Å². The number of rotatable bonds is 4. The van der Waals surface area contributed by atoms with Crippen molar-refractivity contribution < 1.29 is 0 Å². The van der Waals surface area contributed by atoms with Crippen LogP contribution in [0.3, 0.4) is 0 Å². The molecule has 0 aromatic rings. The second kappa shape index (κ2) is 5.32. The van der Waals surface area contributed by atoms with E-state index in [1.54, 1.807) is 0 Å². The van der Waals surface area contributed by atoms with E-state index >= 15 is 0 Å². The van der Waals surface area contributed by atoms with E-state index < -0.39 is 0 Å². The fourth-order valence-electron chi connectivity index (χ4n) is 0.901. The molecule has 58 valence electrons. The zero-order chi connectivity index (χ0) is 7.98. The molecule has 1 atom stereocenters. The summed E-state index contributed by atoms with van der Waals surface area (Å²) in [5.74, 6) is 0.678. The van der Waals surface area contributed by atoms with Crippen LogP contribution in [-0.2, 0) is 0 Å². The van der Waals surface area contributed by atoms with Crippen molar-refractivity contribution in [2.75, 3.05) is 0 Å². The summed E-state index contributed by atoms with van der Waals surface area (Å²) in [7, 11) is 0. The third-order valence-electron chi connectivity index (χ3n) is 2.01. The van der Waals surface area contributed by atoms with Crippen molar-refractivity contribution in [1.82, 2.24) is 0 Å². The highest BCUT2D eigenvalue weighted by Gasteiger charge is 2.00. The Bertz CT molecular complexity index is 127. The fraction of sp³-hybridized carbons (Fsp3) is 0.700. The van der Waals surface area contributed by atoms with E-state index in [-0.39, 0.29) is 0 Å². The van der Waals surface area contributed by atoms with Crippen molar-refractivity contribution in [2.24, 2.45) is 5.92 Å². The Labute approximate surface area is 64.6 Å². The molecule has 0 aromatic carbocycles. The Morgan fingerprint density at radius 1 is 1.60 bits per heavy atom. The van der Waals surface area contributed by atoms with Gasteiger partial charge in [0.2, 0.25) is 0 Å². The van der Waals surface area contributed by atoms with Crippen molar-refractivity contribution in [2.45, 2.75) is 40.0 Å². The van der Waals surface area contributed by atoms with Crippen LogP contribution in [0.25, 0.3) is 0 Å². The van der Waals surface area contributed by atoms with Crippen LogP contribution in [0.5, 0.6) is 0 Å². The van der Waals surface area contributed by atoms with Gasteiger partial charge in [0.1, 0.15) is 0 Å². The minimum Gasteiger partial charge on any atom is -0.130 e. The largest absolute Gasteiger partial charge is 0.130 e. The lowest BCUT2D eigenvalue weighted by molar-refractivity contribution is 0.573. The van der Waals surface area contributed by atoms with Gasteiger partial charge in [-0.05, 0) is 24.8 Å². The van der Waals surface area contributed by atoms with Gasteiger partial charge in [-0.15, -0.1) is 5.73 Å². The van der Waals surface area contributed by atoms with Crippen LogP contribution < -0.4 is 0 Å². The summed E-state index contributed by atoms with van der Waals surface area (Å²) in [6, 6.07) is 0. The van der Waals surface area contributed by atoms with Gasteiger partial charge in [-0.25, -0.2) is 0 Å². The monoisotopic (exact) mass is 138 g/mol. The number of allylic oxidation sites excluding steroid dienone is 1. The van der Waals surface area contributed by atoms with Gasteiger partial charge >= 0.3 is 0 Å². The van der Waals surface area contributed by atoms with E-state index in [1.165, 1.54) is 24.8 Å². The normalized spacial score (nSPS) is 12.3. The maximum Gasteiger partial charge on any atom is -0.0159 e. The summed E-state index contributed by atoms with van der Waals surface area (Å²) in [6.45, 7) is 10.2. The van der Waals surface area contributed by atoms with Crippen molar-refractivity contribution in [1.29, 1.82) is 0 Å². The van der Waals surface area contributed by atoms with Crippen LogP contribution in [0.2, 0.25) is 0 Å². The molecule has 0 heteroatoms. The maximum atomic E-state index is 3.63. The lowest BCUT2D eigenvalue weighted by Crippen LogP contribution is -1.94. The number of hydrogen-bond donors (Lipinski definition) is 0. The summed E-state index contributed by atoms with van der Waals surface area (Å²) >= 11 is 0. The van der Waals surface area contributed by atoms with Crippen LogP contribution in [0.15, 0.2) is 17.9 Å². The molecule has 0 saturated heterocycles. The summed E-state index contributed by atoms with van der Waals surface area (Å²) in [5, 5.41) is 0. The first-order valence-corrected chi connectivity index (χ1v) is 4.08. The third-order valence-corrected chi connectivity index (χ3v) is 2.01. The molecule has 0 aliphatic rings. The first kappa shape index (κ1) is 9.52. The molecule has 0 aromatic heterocycles. The van der Waals surface area contributed by atoms with E-state index in [1.807, 2.05) is 0 Å². The molecular formula is C10H18.